The highest BCUT2D eigenvalue weighted by atomic mass is 16.5. The number of rotatable bonds is 4. The number of amides is 1. The Kier molecular flexibility index (Phi) is 3.89. The van der Waals surface area contributed by atoms with Crippen molar-refractivity contribution in [3.8, 4) is 0 Å². The molecule has 1 aliphatic heterocycles. The SMILES string of the molecule is Cc1cc(C(=O)NCc2c[nH]c(=O)[nH]2)c(C)n1C1CCOC1. The van der Waals surface area contributed by atoms with Crippen LogP contribution in [0.5, 0.6) is 0 Å². The zero-order chi connectivity index (χ0) is 15.7. The van der Waals surface area contributed by atoms with Gasteiger partial charge >= 0.3 is 5.69 Å². The van der Waals surface area contributed by atoms with E-state index in [2.05, 4.69) is 19.9 Å². The molecule has 2 aromatic rings. The van der Waals surface area contributed by atoms with Crippen LogP contribution in [0.2, 0.25) is 0 Å². The molecule has 7 heteroatoms. The van der Waals surface area contributed by atoms with E-state index in [1.807, 2.05) is 19.9 Å². The lowest BCUT2D eigenvalue weighted by atomic mass is 10.2. The molecule has 1 unspecified atom stereocenters. The predicted molar refractivity (Wildman–Crippen MR) is 81.0 cm³/mol. The number of carbonyl (C=O) groups excluding carboxylic acids is 1. The molecule has 7 nitrogen and oxygen atoms in total. The highest BCUT2D eigenvalue weighted by molar-refractivity contribution is 5.95. The number of nitrogens with zero attached hydrogens (tertiary/aromatic N) is 1. The first kappa shape index (κ1) is 14.6. The van der Waals surface area contributed by atoms with Gasteiger partial charge in [-0.2, -0.15) is 0 Å². The standard InChI is InChI=1S/C15H20N4O3/c1-9-5-13(10(2)19(9)12-3-4-22-8-12)14(20)16-6-11-7-17-15(21)18-11/h5,7,12H,3-4,6,8H2,1-2H3,(H,16,20)(H2,17,18,21). The van der Waals surface area contributed by atoms with Gasteiger partial charge in [0.25, 0.3) is 5.91 Å². The van der Waals surface area contributed by atoms with E-state index in [1.165, 1.54) is 0 Å². The van der Waals surface area contributed by atoms with E-state index in [4.69, 9.17) is 4.74 Å². The predicted octanol–water partition coefficient (Wildman–Crippen LogP) is 1.01. The highest BCUT2D eigenvalue weighted by Gasteiger charge is 2.23. The third kappa shape index (κ3) is 2.71. The minimum atomic E-state index is -0.274. The maximum absolute atomic E-state index is 12.4. The summed E-state index contributed by atoms with van der Waals surface area (Å²) in [5, 5.41) is 2.83. The van der Waals surface area contributed by atoms with Crippen LogP contribution in [0.3, 0.4) is 0 Å². The first-order chi connectivity index (χ1) is 10.6. The molecule has 118 valence electrons. The minimum absolute atomic E-state index is 0.139. The number of hydrogen-bond donors (Lipinski definition) is 3. The fraction of sp³-hybridized carbons (Fsp3) is 0.467. The van der Waals surface area contributed by atoms with Crippen LogP contribution in [0.15, 0.2) is 17.1 Å². The van der Waals surface area contributed by atoms with Gasteiger partial charge in [0.1, 0.15) is 0 Å². The third-order valence-corrected chi connectivity index (χ3v) is 4.09. The Labute approximate surface area is 127 Å². The van der Waals surface area contributed by atoms with Crippen molar-refractivity contribution in [1.82, 2.24) is 19.9 Å². The van der Waals surface area contributed by atoms with Crippen LogP contribution in [-0.4, -0.2) is 33.7 Å². The van der Waals surface area contributed by atoms with Gasteiger partial charge < -0.3 is 24.6 Å². The average Bonchev–Trinajstić information content (AvgIpc) is 3.18. The van der Waals surface area contributed by atoms with E-state index in [1.54, 1.807) is 6.20 Å². The zero-order valence-corrected chi connectivity index (χ0v) is 12.7. The Hall–Kier alpha value is -2.28. The first-order valence-corrected chi connectivity index (χ1v) is 7.37. The Balaban J connectivity index is 1.75. The van der Waals surface area contributed by atoms with Gasteiger partial charge in [-0.05, 0) is 26.3 Å². The number of H-pyrrole nitrogens is 2. The average molecular weight is 304 g/mol. The van der Waals surface area contributed by atoms with Gasteiger partial charge in [-0.25, -0.2) is 4.79 Å². The van der Waals surface area contributed by atoms with Crippen LogP contribution in [0.4, 0.5) is 0 Å². The summed E-state index contributed by atoms with van der Waals surface area (Å²) in [6, 6.07) is 2.21. The van der Waals surface area contributed by atoms with E-state index < -0.39 is 0 Å². The fourth-order valence-electron chi connectivity index (χ4n) is 3.03. The molecule has 3 heterocycles. The van der Waals surface area contributed by atoms with E-state index in [-0.39, 0.29) is 18.1 Å². The third-order valence-electron chi connectivity index (χ3n) is 4.09. The summed E-state index contributed by atoms with van der Waals surface area (Å²) < 4.78 is 7.62. The maximum atomic E-state index is 12.4. The molecule has 1 amide bonds. The minimum Gasteiger partial charge on any atom is -0.379 e. The smallest absolute Gasteiger partial charge is 0.323 e. The van der Waals surface area contributed by atoms with Crippen molar-refractivity contribution in [3.63, 3.8) is 0 Å². The molecule has 0 bridgehead atoms. The summed E-state index contributed by atoms with van der Waals surface area (Å²) in [6.45, 7) is 5.71. The van der Waals surface area contributed by atoms with Crippen LogP contribution >= 0.6 is 0 Å². The number of hydrogen-bond acceptors (Lipinski definition) is 3. The molecule has 0 aromatic carbocycles. The number of aromatic amines is 2. The van der Waals surface area contributed by atoms with Crippen molar-refractivity contribution in [1.29, 1.82) is 0 Å². The Morgan fingerprint density at radius 2 is 2.32 bits per heavy atom. The monoisotopic (exact) mass is 304 g/mol. The van der Waals surface area contributed by atoms with Crippen molar-refractivity contribution in [2.75, 3.05) is 13.2 Å². The van der Waals surface area contributed by atoms with Crippen LogP contribution in [0.25, 0.3) is 0 Å². The van der Waals surface area contributed by atoms with Crippen molar-refractivity contribution in [3.05, 3.63) is 45.4 Å². The Morgan fingerprint density at radius 3 is 2.95 bits per heavy atom. The second-order valence-electron chi connectivity index (χ2n) is 5.62. The van der Waals surface area contributed by atoms with Gasteiger partial charge in [0.2, 0.25) is 0 Å². The zero-order valence-electron chi connectivity index (χ0n) is 12.7. The van der Waals surface area contributed by atoms with Gasteiger partial charge in [0, 0.05) is 24.2 Å². The van der Waals surface area contributed by atoms with Crippen molar-refractivity contribution >= 4 is 5.91 Å². The number of ether oxygens (including phenoxy) is 1. The van der Waals surface area contributed by atoms with Crippen LogP contribution in [0.1, 0.15) is 39.9 Å². The van der Waals surface area contributed by atoms with E-state index >= 15 is 0 Å². The van der Waals surface area contributed by atoms with E-state index in [0.717, 1.165) is 24.4 Å². The highest BCUT2D eigenvalue weighted by Crippen LogP contribution is 2.26. The number of carbonyl (C=O) groups is 1. The molecule has 22 heavy (non-hydrogen) atoms. The maximum Gasteiger partial charge on any atom is 0.323 e. The van der Waals surface area contributed by atoms with Gasteiger partial charge in [-0.15, -0.1) is 0 Å². The molecular weight excluding hydrogens is 284 g/mol. The topological polar surface area (TPSA) is 91.9 Å². The van der Waals surface area contributed by atoms with E-state index in [9.17, 15) is 9.59 Å². The summed E-state index contributed by atoms with van der Waals surface area (Å²) in [5.41, 5.74) is 3.06. The van der Waals surface area contributed by atoms with Crippen LogP contribution in [-0.2, 0) is 11.3 Å². The fourth-order valence-corrected chi connectivity index (χ4v) is 3.03. The molecule has 2 aromatic heterocycles. The summed E-state index contributed by atoms with van der Waals surface area (Å²) >= 11 is 0. The normalized spacial score (nSPS) is 17.8. The second kappa shape index (κ2) is 5.84. The van der Waals surface area contributed by atoms with E-state index in [0.29, 0.717) is 23.9 Å². The molecule has 0 saturated carbocycles. The van der Waals surface area contributed by atoms with Gasteiger partial charge in [-0.3, -0.25) is 4.79 Å². The largest absolute Gasteiger partial charge is 0.379 e. The second-order valence-corrected chi connectivity index (χ2v) is 5.62. The lowest BCUT2D eigenvalue weighted by Crippen LogP contribution is -2.24. The summed E-state index contributed by atoms with van der Waals surface area (Å²) in [6.07, 6.45) is 2.53. The lowest BCUT2D eigenvalue weighted by Gasteiger charge is -2.16. The number of nitrogens with one attached hydrogen (secondary N) is 3. The molecule has 0 aliphatic carbocycles. The van der Waals surface area contributed by atoms with Gasteiger partial charge in [-0.1, -0.05) is 0 Å². The quantitative estimate of drug-likeness (QED) is 0.787. The van der Waals surface area contributed by atoms with Crippen molar-refractivity contribution < 1.29 is 9.53 Å². The molecular formula is C15H20N4O3. The molecule has 3 rings (SSSR count). The number of aryl methyl sites for hydroxylation is 1. The van der Waals surface area contributed by atoms with Crippen LogP contribution in [0, 0.1) is 13.8 Å². The van der Waals surface area contributed by atoms with Gasteiger partial charge in [0.15, 0.2) is 0 Å². The summed E-state index contributed by atoms with van der Waals surface area (Å²) in [7, 11) is 0. The number of aromatic nitrogens is 3. The summed E-state index contributed by atoms with van der Waals surface area (Å²) in [5.74, 6) is -0.139. The first-order valence-electron chi connectivity index (χ1n) is 7.37. The molecule has 1 saturated heterocycles. The van der Waals surface area contributed by atoms with Crippen molar-refractivity contribution in [2.45, 2.75) is 32.9 Å². The molecule has 0 radical (unpaired) electrons. The molecule has 1 aliphatic rings. The Bertz CT molecular complexity index is 734. The molecule has 1 fully saturated rings. The lowest BCUT2D eigenvalue weighted by molar-refractivity contribution is 0.0949. The summed E-state index contributed by atoms with van der Waals surface area (Å²) in [4.78, 5) is 28.5. The van der Waals surface area contributed by atoms with Crippen molar-refractivity contribution in [2.24, 2.45) is 0 Å². The van der Waals surface area contributed by atoms with Crippen LogP contribution < -0.4 is 11.0 Å². The Morgan fingerprint density at radius 1 is 1.50 bits per heavy atom. The molecule has 1 atom stereocenters. The molecule has 3 N–H and O–H groups in total. The van der Waals surface area contributed by atoms with Gasteiger partial charge in [0.05, 0.1) is 30.5 Å². The number of imidazole rings is 1. The molecule has 0 spiro atoms.